The molecule has 35 nitrogen and oxygen atoms in total. The quantitative estimate of drug-likeness (QED) is 0.0300. The van der Waals surface area contributed by atoms with Crippen molar-refractivity contribution in [2.45, 2.75) is 195 Å². The number of ether oxygens (including phenoxy) is 2. The third-order valence-corrected chi connectivity index (χ3v) is 20.5. The van der Waals surface area contributed by atoms with Gasteiger partial charge in [-0.15, -0.1) is 0 Å². The van der Waals surface area contributed by atoms with Gasteiger partial charge in [-0.1, -0.05) is 61.8 Å². The summed E-state index contributed by atoms with van der Waals surface area (Å²) in [4.78, 5) is 192. The number of para-hydroxylation sites is 1. The number of methoxy groups -OCH3 is 1. The van der Waals surface area contributed by atoms with Crippen molar-refractivity contribution in [2.24, 2.45) is 22.5 Å². The zero-order chi connectivity index (χ0) is 81.8. The Kier molecular flexibility index (Phi) is 37.7. The fourth-order valence-electron chi connectivity index (χ4n) is 12.5. The van der Waals surface area contributed by atoms with Crippen molar-refractivity contribution in [1.82, 2.24) is 63.1 Å². The van der Waals surface area contributed by atoms with Crippen LogP contribution in [0.5, 0.6) is 11.5 Å². The Labute approximate surface area is 657 Å². The third kappa shape index (κ3) is 30.2. The molecule has 1 saturated heterocycles. The SMILES string of the molecule is CC[C@H](C)[C@@H]1NC(=O)[C@H](CC(=O)O)NC(=O)[C@H](CCOC)NC(=O)[C@@H]2CCCN2C(=O)[C@H](C)NC(=O)[C@H](CCCNC(=N)N)NC(=O)/C=N/OCCCCCCOc2cc(CSC)cc(c2)CSC[C@@H](C(N)=O)NC(=O)[C@H](CCC(=O)O)NC(=O)[C@H](CCc2ccc(O)cc2)NC(=O)[C@H](Cc2c[nH]c3ccccc23)NC1=O. The molecule has 3 aromatic carbocycles. The summed E-state index contributed by atoms with van der Waals surface area (Å²) in [5.41, 5.74) is 14.9. The second kappa shape index (κ2) is 46.9. The number of nitrogens with zero attached hydrogens (tertiary/aromatic N) is 2. The molecule has 4 aromatic rings. The number of aromatic amines is 1. The van der Waals surface area contributed by atoms with E-state index in [-0.39, 0.29) is 95.1 Å². The number of amides is 11. The summed E-state index contributed by atoms with van der Waals surface area (Å²) in [6, 6.07) is 3.84. The lowest BCUT2D eigenvalue weighted by molar-refractivity contribution is -0.143. The van der Waals surface area contributed by atoms with Crippen LogP contribution < -0.4 is 69.4 Å². The maximum absolute atomic E-state index is 15.2. The summed E-state index contributed by atoms with van der Waals surface area (Å²) in [5.74, 6) is -12.8. The number of aryl methyl sites for hydroxylation is 1. The van der Waals surface area contributed by atoms with E-state index in [2.05, 4.69) is 63.3 Å². The number of phenolic OH excluding ortho intramolecular Hbond substituents is 1. The van der Waals surface area contributed by atoms with Gasteiger partial charge in [-0.05, 0) is 149 Å². The molecule has 2 aliphatic heterocycles. The van der Waals surface area contributed by atoms with Crippen LogP contribution in [0, 0.1) is 11.3 Å². The van der Waals surface area contributed by atoms with Crippen molar-refractivity contribution in [3.63, 3.8) is 0 Å². The van der Waals surface area contributed by atoms with Crippen LogP contribution in [0.25, 0.3) is 10.9 Å². The fraction of sp³-hybridized carbons (Fsp3) is 0.533. The first-order chi connectivity index (χ1) is 53.6. The topological polar surface area (TPSA) is 538 Å². The lowest BCUT2D eigenvalue weighted by Crippen LogP contribution is -2.61. The molecule has 37 heteroatoms. The van der Waals surface area contributed by atoms with Crippen LogP contribution in [0.2, 0.25) is 0 Å². The van der Waals surface area contributed by atoms with Gasteiger partial charge in [0.1, 0.15) is 84.7 Å². The number of rotatable bonds is 22. The van der Waals surface area contributed by atoms with E-state index in [1.165, 1.54) is 42.8 Å². The molecule has 1 fully saturated rings. The highest BCUT2D eigenvalue weighted by atomic mass is 32.2. The minimum absolute atomic E-state index is 0.00798. The minimum atomic E-state index is -1.93. The molecule has 0 unspecified atom stereocenters. The maximum atomic E-state index is 15.2. The van der Waals surface area contributed by atoms with E-state index in [9.17, 15) is 68.1 Å². The van der Waals surface area contributed by atoms with E-state index in [0.717, 1.165) is 23.8 Å². The largest absolute Gasteiger partial charge is 0.508 e. The Morgan fingerprint density at radius 1 is 0.723 bits per heavy atom. The van der Waals surface area contributed by atoms with E-state index in [0.29, 0.717) is 71.6 Å². The lowest BCUT2D eigenvalue weighted by atomic mass is 9.96. The average molecular weight is 1600 g/mol. The molecule has 2 bridgehead atoms. The minimum Gasteiger partial charge on any atom is -0.508 e. The van der Waals surface area contributed by atoms with Crippen molar-refractivity contribution in [2.75, 3.05) is 52.0 Å². The van der Waals surface area contributed by atoms with Crippen LogP contribution in [0.15, 0.2) is 78.1 Å². The number of fused-ring (bicyclic) bond motifs is 4. The van der Waals surface area contributed by atoms with Gasteiger partial charge in [-0.2, -0.15) is 23.5 Å². The first-order valence-electron chi connectivity index (χ1n) is 37.2. The fourth-order valence-corrected chi connectivity index (χ4v) is 14.0. The second-order valence-electron chi connectivity index (χ2n) is 27.4. The number of guanidine groups is 1. The number of aromatic nitrogens is 1. The number of aliphatic carboxylic acids is 2. The highest BCUT2D eigenvalue weighted by Gasteiger charge is 2.41. The van der Waals surface area contributed by atoms with Crippen molar-refractivity contribution < 1.29 is 92.0 Å². The number of aromatic hydroxyl groups is 1. The van der Waals surface area contributed by atoms with Crippen molar-refractivity contribution in [3.05, 3.63) is 95.2 Å². The van der Waals surface area contributed by atoms with Crippen LogP contribution in [-0.2, 0) is 96.3 Å². The van der Waals surface area contributed by atoms with Gasteiger partial charge in [0.25, 0.3) is 5.91 Å². The molecule has 1 aromatic heterocycles. The molecule has 0 saturated carbocycles. The summed E-state index contributed by atoms with van der Waals surface area (Å²) < 4.78 is 11.5. The highest BCUT2D eigenvalue weighted by Crippen LogP contribution is 2.26. The van der Waals surface area contributed by atoms with Gasteiger partial charge >= 0.3 is 11.9 Å². The second-order valence-corrected chi connectivity index (χ2v) is 29.3. The van der Waals surface area contributed by atoms with Gasteiger partial charge in [0, 0.05) is 74.0 Å². The number of H-pyrrole nitrogens is 1. The van der Waals surface area contributed by atoms with Gasteiger partial charge in [-0.3, -0.25) is 67.7 Å². The zero-order valence-electron chi connectivity index (χ0n) is 63.6. The average Bonchev–Trinajstić information content (AvgIpc) is 1.66. The van der Waals surface area contributed by atoms with Crippen LogP contribution >= 0.6 is 23.5 Å². The van der Waals surface area contributed by atoms with E-state index in [1.54, 1.807) is 68.2 Å². The number of benzene rings is 3. The molecular weight excluding hydrogens is 1490 g/mol. The Balaban J connectivity index is 1.34. The Hall–Kier alpha value is -10.7. The Bertz CT molecular complexity index is 3920. The number of carbonyl (C=O) groups excluding carboxylic acids is 11. The number of oxime groups is 1. The smallest absolute Gasteiger partial charge is 0.305 e. The van der Waals surface area contributed by atoms with E-state index in [1.807, 2.05) is 24.5 Å². The number of carboxylic acid groups (broad SMARTS) is 2. The standard InChI is InChI=1S/C75H106N16O19S2/c1-6-43(2)64-73(106)88-57(36-48-38-80-52-16-10-9-15-51(48)52)70(103)85-54(24-21-45-19-22-49(92)23-20-45)67(100)84-55(25-26-62(94)95)68(101)89-59(65(76)98)42-112-41-47-33-46(40-111-5)34-50(35-47)109-30-11-7-8-12-31-110-81-39-61(93)83-53(17-13-28-79-75(77)78)66(99)82-44(3)74(107)91-29-14-18-60(91)72(105)86-56(27-32-108-4)69(102)87-58(37-63(96)97)71(104)90-64/h9-10,15-16,19-20,22-23,33-35,38-39,43-44,53-60,64,80,92H,6-8,11-14,17-18,21,24-32,36-37,40-42H2,1-5H3,(H2,76,98)(H,82,99)(H,83,93)(H,84,100)(H,85,103)(H,86,105)(H,87,102)(H,88,106)(H,89,101)(H,90,104)(H,94,95)(H,96,97)(H4,77,78,79)/b81-39+/t43-,44-,53-,54-,55-,56-,57-,58-,59-,60-,64-/m0/s1. The summed E-state index contributed by atoms with van der Waals surface area (Å²) in [5, 5.41) is 68.2. The number of thioether (sulfide) groups is 2. The number of carbonyl (C=O) groups is 13. The molecule has 0 spiro atoms. The van der Waals surface area contributed by atoms with Gasteiger partial charge in [0.05, 0.1) is 13.0 Å². The molecule has 0 radical (unpaired) electrons. The molecule has 612 valence electrons. The monoisotopic (exact) mass is 1600 g/mol. The number of nitrogens with two attached hydrogens (primary N) is 2. The number of hydrogen-bond acceptors (Lipinski definition) is 21. The van der Waals surface area contributed by atoms with Crippen molar-refractivity contribution in [3.8, 4) is 11.5 Å². The normalized spacial score (nSPS) is 23.4. The molecule has 3 heterocycles. The molecular formula is C75H106N16O19S2. The lowest BCUT2D eigenvalue weighted by Gasteiger charge is -2.30. The van der Waals surface area contributed by atoms with Gasteiger partial charge < -0.3 is 104 Å². The van der Waals surface area contributed by atoms with Crippen LogP contribution in [0.4, 0.5) is 0 Å². The van der Waals surface area contributed by atoms with E-state index in [4.69, 9.17) is 31.2 Å². The summed E-state index contributed by atoms with van der Waals surface area (Å²) in [6.45, 7) is 5.21. The first-order valence-corrected chi connectivity index (χ1v) is 39.8. The molecule has 2 aliphatic rings. The molecule has 11 amide bonds. The number of nitrogens with one attached hydrogen (secondary N) is 12. The summed E-state index contributed by atoms with van der Waals surface area (Å²) >= 11 is 2.85. The van der Waals surface area contributed by atoms with E-state index < -0.39 is 163 Å². The van der Waals surface area contributed by atoms with Gasteiger partial charge in [-0.25, -0.2) is 0 Å². The number of phenols is 1. The van der Waals surface area contributed by atoms with Gasteiger partial charge in [0.2, 0.25) is 59.1 Å². The van der Waals surface area contributed by atoms with Crippen molar-refractivity contribution in [1.29, 1.82) is 5.41 Å². The number of hydrogen-bond donors (Lipinski definition) is 17. The maximum Gasteiger partial charge on any atom is 0.305 e. The summed E-state index contributed by atoms with van der Waals surface area (Å²) in [6.07, 6.45) is 5.07. The predicted molar refractivity (Wildman–Crippen MR) is 418 cm³/mol. The van der Waals surface area contributed by atoms with Gasteiger partial charge in [0.15, 0.2) is 5.96 Å². The van der Waals surface area contributed by atoms with Crippen molar-refractivity contribution >= 4 is 124 Å². The highest BCUT2D eigenvalue weighted by molar-refractivity contribution is 7.98. The Morgan fingerprint density at radius 2 is 1.36 bits per heavy atom. The molecule has 6 rings (SSSR count). The first kappa shape index (κ1) is 90.2. The zero-order valence-corrected chi connectivity index (χ0v) is 65.2. The molecule has 0 aliphatic carbocycles. The summed E-state index contributed by atoms with van der Waals surface area (Å²) in [7, 11) is 1.32. The number of primary amides is 1. The Morgan fingerprint density at radius 3 is 2.04 bits per heavy atom. The molecule has 11 atom stereocenters. The van der Waals surface area contributed by atoms with Crippen LogP contribution in [0.3, 0.4) is 0 Å². The van der Waals surface area contributed by atoms with Crippen LogP contribution in [0.1, 0.15) is 133 Å². The third-order valence-electron chi connectivity index (χ3n) is 18.7. The molecule has 112 heavy (non-hydrogen) atoms. The number of carboxylic acids is 2. The predicted octanol–water partition coefficient (Wildman–Crippen LogP) is 1.35. The van der Waals surface area contributed by atoms with Crippen LogP contribution in [-0.4, -0.2) is 227 Å². The molecule has 19 N–H and O–H groups in total. The van der Waals surface area contributed by atoms with E-state index >= 15 is 9.59 Å².